The average Bonchev–Trinajstić information content (AvgIpc) is 3.37. The second-order valence-electron chi connectivity index (χ2n) is 6.16. The lowest BCUT2D eigenvalue weighted by molar-refractivity contribution is -0.0498. The molecule has 154 valence electrons. The molecule has 0 saturated heterocycles. The van der Waals surface area contributed by atoms with E-state index < -0.39 is 6.61 Å². The van der Waals surface area contributed by atoms with Crippen molar-refractivity contribution in [3.05, 3.63) is 60.4 Å². The van der Waals surface area contributed by atoms with Crippen molar-refractivity contribution in [2.45, 2.75) is 23.9 Å². The Bertz CT molecular complexity index is 1120. The molecule has 0 unspecified atom stereocenters. The fourth-order valence-electron chi connectivity index (χ4n) is 2.65. The van der Waals surface area contributed by atoms with Crippen LogP contribution in [-0.2, 0) is 0 Å². The van der Waals surface area contributed by atoms with E-state index in [9.17, 15) is 8.78 Å². The summed E-state index contributed by atoms with van der Waals surface area (Å²) in [5.41, 5.74) is 1.44. The van der Waals surface area contributed by atoms with Gasteiger partial charge in [0, 0.05) is 11.1 Å². The van der Waals surface area contributed by atoms with E-state index in [-0.39, 0.29) is 11.0 Å². The van der Waals surface area contributed by atoms with Crippen LogP contribution >= 0.6 is 11.8 Å². The number of nitrogens with two attached hydrogens (primary N) is 1. The first-order valence-corrected chi connectivity index (χ1v) is 9.70. The zero-order valence-electron chi connectivity index (χ0n) is 15.6. The number of nitrogen functional groups attached to an aromatic ring is 1. The minimum absolute atomic E-state index is 0.0476. The van der Waals surface area contributed by atoms with Gasteiger partial charge in [-0.05, 0) is 43.3 Å². The summed E-state index contributed by atoms with van der Waals surface area (Å²) >= 11 is 1.31. The highest BCUT2D eigenvalue weighted by atomic mass is 32.2. The van der Waals surface area contributed by atoms with Crippen molar-refractivity contribution in [2.75, 3.05) is 5.84 Å². The zero-order chi connectivity index (χ0) is 21.1. The molecule has 0 radical (unpaired) electrons. The summed E-state index contributed by atoms with van der Waals surface area (Å²) in [5.74, 6) is 7.49. The summed E-state index contributed by atoms with van der Waals surface area (Å²) in [7, 11) is 0. The summed E-state index contributed by atoms with van der Waals surface area (Å²) in [5, 5.41) is 12.5. The number of benzene rings is 2. The Hall–Kier alpha value is -3.47. The first-order chi connectivity index (χ1) is 14.5. The van der Waals surface area contributed by atoms with Gasteiger partial charge in [-0.15, -0.1) is 10.2 Å². The monoisotopic (exact) mass is 430 g/mol. The van der Waals surface area contributed by atoms with Gasteiger partial charge < -0.3 is 15.1 Å². The molecule has 0 fully saturated rings. The Balaban J connectivity index is 1.48. The van der Waals surface area contributed by atoms with E-state index in [4.69, 9.17) is 10.4 Å². The molecule has 4 aromatic rings. The van der Waals surface area contributed by atoms with Gasteiger partial charge >= 0.3 is 6.61 Å². The Labute approximate surface area is 174 Å². The predicted molar refractivity (Wildman–Crippen MR) is 106 cm³/mol. The van der Waals surface area contributed by atoms with Gasteiger partial charge in [0.1, 0.15) is 5.75 Å². The summed E-state index contributed by atoms with van der Waals surface area (Å²) < 4.78 is 35.6. The highest BCUT2D eigenvalue weighted by molar-refractivity contribution is 7.99. The fourth-order valence-corrected chi connectivity index (χ4v) is 3.45. The summed E-state index contributed by atoms with van der Waals surface area (Å²) in [4.78, 5) is 4.43. The number of ether oxygens (including phenoxy) is 1. The SMILES string of the molecule is C[C@H](Sc1nnc(-c2ccc(OC(F)F)cc2)n1N)c1noc(-c2ccccc2)n1. The predicted octanol–water partition coefficient (Wildman–Crippen LogP) is 4.16. The van der Waals surface area contributed by atoms with Crippen LogP contribution in [0.25, 0.3) is 22.8 Å². The lowest BCUT2D eigenvalue weighted by Gasteiger charge is -2.07. The van der Waals surface area contributed by atoms with E-state index in [0.717, 1.165) is 5.56 Å². The standard InChI is InChI=1S/C19H16F2N6O2S/c1-11(15-23-17(29-26-15)13-5-3-2-4-6-13)30-19-25-24-16(27(19)22)12-7-9-14(10-8-12)28-18(20)21/h2-11,18H,22H2,1H3/t11-/m0/s1. The summed E-state index contributed by atoms with van der Waals surface area (Å²) in [6.07, 6.45) is 0. The third-order valence-electron chi connectivity index (χ3n) is 4.11. The molecule has 2 heterocycles. The lowest BCUT2D eigenvalue weighted by Crippen LogP contribution is -2.12. The van der Waals surface area contributed by atoms with E-state index in [1.165, 1.54) is 28.6 Å². The van der Waals surface area contributed by atoms with Crippen LogP contribution in [0, 0.1) is 0 Å². The molecule has 0 aliphatic heterocycles. The molecule has 2 N–H and O–H groups in total. The minimum atomic E-state index is -2.88. The first-order valence-electron chi connectivity index (χ1n) is 8.82. The van der Waals surface area contributed by atoms with Crippen LogP contribution in [0.3, 0.4) is 0 Å². The molecule has 0 aliphatic carbocycles. The number of nitrogens with zero attached hydrogens (tertiary/aromatic N) is 5. The summed E-state index contributed by atoms with van der Waals surface area (Å²) in [6.45, 7) is -0.985. The second kappa shape index (κ2) is 8.49. The van der Waals surface area contributed by atoms with Gasteiger partial charge in [0.05, 0.1) is 5.25 Å². The number of halogens is 2. The number of alkyl halides is 2. The van der Waals surface area contributed by atoms with Gasteiger partial charge in [-0.1, -0.05) is 35.1 Å². The van der Waals surface area contributed by atoms with Crippen LogP contribution in [0.2, 0.25) is 0 Å². The molecule has 0 spiro atoms. The van der Waals surface area contributed by atoms with Gasteiger partial charge in [-0.3, -0.25) is 0 Å². The molecule has 30 heavy (non-hydrogen) atoms. The number of rotatable bonds is 7. The third-order valence-corrected chi connectivity index (χ3v) is 5.16. The zero-order valence-corrected chi connectivity index (χ0v) is 16.5. The Morgan fingerprint density at radius 3 is 2.47 bits per heavy atom. The molecule has 0 saturated carbocycles. The van der Waals surface area contributed by atoms with Gasteiger partial charge in [0.2, 0.25) is 5.16 Å². The van der Waals surface area contributed by atoms with Crippen LogP contribution in [0.5, 0.6) is 5.75 Å². The van der Waals surface area contributed by atoms with Crippen molar-refractivity contribution in [3.63, 3.8) is 0 Å². The molecule has 0 aliphatic rings. The fraction of sp³-hybridized carbons (Fsp3) is 0.158. The van der Waals surface area contributed by atoms with Crippen molar-refractivity contribution in [1.82, 2.24) is 25.0 Å². The molecule has 2 aromatic heterocycles. The highest BCUT2D eigenvalue weighted by Crippen LogP contribution is 2.34. The Kier molecular flexibility index (Phi) is 5.61. The van der Waals surface area contributed by atoms with Crippen molar-refractivity contribution in [2.24, 2.45) is 0 Å². The molecule has 8 nitrogen and oxygen atoms in total. The van der Waals surface area contributed by atoms with E-state index in [2.05, 4.69) is 25.1 Å². The number of hydrogen-bond acceptors (Lipinski definition) is 8. The Morgan fingerprint density at radius 1 is 1.03 bits per heavy atom. The first kappa shape index (κ1) is 19.8. The maximum Gasteiger partial charge on any atom is 0.387 e. The molecule has 0 bridgehead atoms. The molecule has 0 amide bonds. The molecule has 1 atom stereocenters. The topological polar surface area (TPSA) is 105 Å². The molecule has 2 aromatic carbocycles. The van der Waals surface area contributed by atoms with Crippen molar-refractivity contribution < 1.29 is 18.0 Å². The van der Waals surface area contributed by atoms with E-state index >= 15 is 0 Å². The van der Waals surface area contributed by atoms with E-state index in [0.29, 0.717) is 28.3 Å². The quantitative estimate of drug-likeness (QED) is 0.344. The maximum atomic E-state index is 12.3. The molecule has 11 heteroatoms. The second-order valence-corrected chi connectivity index (χ2v) is 7.47. The Morgan fingerprint density at radius 2 is 1.77 bits per heavy atom. The van der Waals surface area contributed by atoms with Crippen LogP contribution < -0.4 is 10.6 Å². The average molecular weight is 430 g/mol. The van der Waals surface area contributed by atoms with Gasteiger partial charge in [0.15, 0.2) is 11.6 Å². The molecular formula is C19H16F2N6O2S. The number of thioether (sulfide) groups is 1. The maximum absolute atomic E-state index is 12.3. The largest absolute Gasteiger partial charge is 0.435 e. The van der Waals surface area contributed by atoms with E-state index in [1.54, 1.807) is 12.1 Å². The van der Waals surface area contributed by atoms with Gasteiger partial charge in [-0.2, -0.15) is 13.8 Å². The number of aromatic nitrogens is 5. The number of hydrogen-bond donors (Lipinski definition) is 1. The lowest BCUT2D eigenvalue weighted by atomic mass is 10.2. The van der Waals surface area contributed by atoms with Crippen molar-refractivity contribution >= 4 is 11.8 Å². The van der Waals surface area contributed by atoms with Gasteiger partial charge in [0.25, 0.3) is 5.89 Å². The van der Waals surface area contributed by atoms with Crippen LogP contribution in [-0.4, -0.2) is 31.6 Å². The normalized spacial score (nSPS) is 12.3. The van der Waals surface area contributed by atoms with Crippen molar-refractivity contribution in [1.29, 1.82) is 0 Å². The van der Waals surface area contributed by atoms with Crippen LogP contribution in [0.15, 0.2) is 64.3 Å². The van der Waals surface area contributed by atoms with Crippen LogP contribution in [0.4, 0.5) is 8.78 Å². The molecular weight excluding hydrogens is 414 g/mol. The van der Waals surface area contributed by atoms with E-state index in [1.807, 2.05) is 37.3 Å². The van der Waals surface area contributed by atoms with Crippen molar-refractivity contribution in [3.8, 4) is 28.6 Å². The highest BCUT2D eigenvalue weighted by Gasteiger charge is 2.20. The smallest absolute Gasteiger partial charge is 0.387 e. The minimum Gasteiger partial charge on any atom is -0.435 e. The molecule has 4 rings (SSSR count). The third kappa shape index (κ3) is 4.25. The van der Waals surface area contributed by atoms with Crippen LogP contribution in [0.1, 0.15) is 18.0 Å². The van der Waals surface area contributed by atoms with Gasteiger partial charge in [-0.25, -0.2) is 4.68 Å². The summed E-state index contributed by atoms with van der Waals surface area (Å²) in [6, 6.07) is 15.4.